The Labute approximate surface area is 128 Å². The molecule has 5 heteroatoms. The molecule has 0 radical (unpaired) electrons. The van der Waals surface area contributed by atoms with Crippen molar-refractivity contribution in [3.05, 3.63) is 69.6 Å². The standard InChI is InChI=1S/C15H8Cl2F2S/c16-11-6-13(19)12(18)5-9(11)15(17)10-7-20-14-4-2-1-3-8(10)14/h1-7,15H. The summed E-state index contributed by atoms with van der Waals surface area (Å²) in [6, 6.07) is 9.80. The average Bonchev–Trinajstić information content (AvgIpc) is 2.86. The molecule has 0 aliphatic carbocycles. The van der Waals surface area contributed by atoms with Gasteiger partial charge in [0.25, 0.3) is 0 Å². The summed E-state index contributed by atoms with van der Waals surface area (Å²) in [4.78, 5) is 0. The van der Waals surface area contributed by atoms with E-state index in [0.717, 1.165) is 27.8 Å². The number of halogens is 4. The van der Waals surface area contributed by atoms with Gasteiger partial charge >= 0.3 is 0 Å². The summed E-state index contributed by atoms with van der Waals surface area (Å²) in [5, 5.41) is 2.42. The number of hydrogen-bond donors (Lipinski definition) is 0. The largest absolute Gasteiger partial charge is 0.204 e. The zero-order chi connectivity index (χ0) is 14.3. The monoisotopic (exact) mass is 328 g/mol. The van der Waals surface area contributed by atoms with Crippen molar-refractivity contribution in [3.63, 3.8) is 0 Å². The van der Waals surface area contributed by atoms with Crippen LogP contribution in [0, 0.1) is 11.6 Å². The van der Waals surface area contributed by atoms with Crippen LogP contribution in [-0.4, -0.2) is 0 Å². The summed E-state index contributed by atoms with van der Waals surface area (Å²) in [5.41, 5.74) is 1.22. The van der Waals surface area contributed by atoms with E-state index in [1.165, 1.54) is 0 Å². The van der Waals surface area contributed by atoms with E-state index < -0.39 is 17.0 Å². The van der Waals surface area contributed by atoms with Gasteiger partial charge in [-0.15, -0.1) is 22.9 Å². The first kappa shape index (κ1) is 13.8. The zero-order valence-corrected chi connectivity index (χ0v) is 12.4. The van der Waals surface area contributed by atoms with Gasteiger partial charge in [-0.2, -0.15) is 0 Å². The highest BCUT2D eigenvalue weighted by atomic mass is 35.5. The van der Waals surface area contributed by atoms with Crippen molar-refractivity contribution < 1.29 is 8.78 Å². The van der Waals surface area contributed by atoms with Crippen LogP contribution in [0.2, 0.25) is 5.02 Å². The lowest BCUT2D eigenvalue weighted by molar-refractivity contribution is 0.507. The minimum absolute atomic E-state index is 0.124. The van der Waals surface area contributed by atoms with Crippen LogP contribution < -0.4 is 0 Å². The molecule has 1 heterocycles. The van der Waals surface area contributed by atoms with Gasteiger partial charge in [0.2, 0.25) is 0 Å². The van der Waals surface area contributed by atoms with E-state index in [2.05, 4.69) is 0 Å². The lowest BCUT2D eigenvalue weighted by Crippen LogP contribution is -1.96. The van der Waals surface area contributed by atoms with Crippen molar-refractivity contribution in [2.75, 3.05) is 0 Å². The van der Waals surface area contributed by atoms with E-state index in [1.807, 2.05) is 29.6 Å². The second-order valence-corrected chi connectivity index (χ2v) is 6.09. The quantitative estimate of drug-likeness (QED) is 0.390. The van der Waals surface area contributed by atoms with Gasteiger partial charge in [0, 0.05) is 9.72 Å². The van der Waals surface area contributed by atoms with Gasteiger partial charge < -0.3 is 0 Å². The Bertz CT molecular complexity index is 783. The molecule has 0 bridgehead atoms. The van der Waals surface area contributed by atoms with Crippen LogP contribution in [-0.2, 0) is 0 Å². The SMILES string of the molecule is Fc1cc(Cl)c(C(Cl)c2csc3ccccc23)cc1F. The third-order valence-corrected chi connectivity index (χ3v) is 4.88. The highest BCUT2D eigenvalue weighted by molar-refractivity contribution is 7.17. The zero-order valence-electron chi connectivity index (χ0n) is 10.0. The minimum Gasteiger partial charge on any atom is -0.204 e. The fourth-order valence-corrected chi connectivity index (χ4v) is 3.83. The molecule has 0 aliphatic heterocycles. The second kappa shape index (κ2) is 5.32. The molecule has 0 nitrogen and oxygen atoms in total. The normalized spacial score (nSPS) is 12.8. The molecule has 0 aliphatic rings. The Morgan fingerprint density at radius 3 is 2.50 bits per heavy atom. The van der Waals surface area contributed by atoms with Gasteiger partial charge in [0.15, 0.2) is 11.6 Å². The molecule has 0 spiro atoms. The van der Waals surface area contributed by atoms with Gasteiger partial charge in [-0.05, 0) is 40.1 Å². The molecule has 0 saturated heterocycles. The van der Waals surface area contributed by atoms with Crippen LogP contribution in [0.15, 0.2) is 41.8 Å². The van der Waals surface area contributed by atoms with Crippen LogP contribution >= 0.6 is 34.5 Å². The Morgan fingerprint density at radius 2 is 1.70 bits per heavy atom. The third kappa shape index (κ3) is 2.30. The first-order valence-electron chi connectivity index (χ1n) is 5.82. The molecule has 102 valence electrons. The maximum absolute atomic E-state index is 13.4. The summed E-state index contributed by atoms with van der Waals surface area (Å²) in [7, 11) is 0. The molecule has 1 aromatic heterocycles. The van der Waals surface area contributed by atoms with Gasteiger partial charge in [-0.3, -0.25) is 0 Å². The Balaban J connectivity index is 2.13. The highest BCUT2D eigenvalue weighted by Crippen LogP contribution is 2.40. The molecule has 0 amide bonds. The van der Waals surface area contributed by atoms with Crippen molar-refractivity contribution in [2.45, 2.75) is 5.38 Å². The average molecular weight is 329 g/mol. The predicted molar refractivity (Wildman–Crippen MR) is 80.9 cm³/mol. The summed E-state index contributed by atoms with van der Waals surface area (Å²) in [6.45, 7) is 0. The van der Waals surface area contributed by atoms with E-state index in [4.69, 9.17) is 23.2 Å². The molecular weight excluding hydrogens is 321 g/mol. The molecule has 0 fully saturated rings. The van der Waals surface area contributed by atoms with Crippen LogP contribution in [0.25, 0.3) is 10.1 Å². The smallest absolute Gasteiger partial charge is 0.160 e. The van der Waals surface area contributed by atoms with Crippen molar-refractivity contribution in [3.8, 4) is 0 Å². The Hall–Kier alpha value is -1.16. The maximum Gasteiger partial charge on any atom is 0.160 e. The predicted octanol–water partition coefficient (Wildman–Crippen LogP) is 6.16. The summed E-state index contributed by atoms with van der Waals surface area (Å²) in [5.74, 6) is -1.92. The van der Waals surface area contributed by atoms with E-state index in [-0.39, 0.29) is 5.02 Å². The minimum atomic E-state index is -0.974. The molecule has 3 aromatic rings. The number of rotatable bonds is 2. The van der Waals surface area contributed by atoms with Crippen LogP contribution in [0.4, 0.5) is 8.78 Å². The van der Waals surface area contributed by atoms with Crippen molar-refractivity contribution >= 4 is 44.6 Å². The fraction of sp³-hybridized carbons (Fsp3) is 0.0667. The number of alkyl halides is 1. The summed E-state index contributed by atoms with van der Waals surface area (Å²) < 4.78 is 27.6. The lowest BCUT2D eigenvalue weighted by Gasteiger charge is -2.12. The number of thiophene rings is 1. The van der Waals surface area contributed by atoms with Crippen molar-refractivity contribution in [1.82, 2.24) is 0 Å². The molecule has 3 rings (SSSR count). The third-order valence-electron chi connectivity index (χ3n) is 3.10. The van der Waals surface area contributed by atoms with E-state index in [1.54, 1.807) is 11.3 Å². The van der Waals surface area contributed by atoms with Crippen LogP contribution in [0.3, 0.4) is 0 Å². The maximum atomic E-state index is 13.4. The summed E-state index contributed by atoms with van der Waals surface area (Å²) in [6.07, 6.45) is 0. The van der Waals surface area contributed by atoms with Gasteiger partial charge in [-0.25, -0.2) is 8.78 Å². The van der Waals surface area contributed by atoms with Gasteiger partial charge in [-0.1, -0.05) is 29.8 Å². The molecule has 0 N–H and O–H groups in total. The molecule has 2 aromatic carbocycles. The first-order chi connectivity index (χ1) is 9.58. The van der Waals surface area contributed by atoms with Crippen LogP contribution in [0.1, 0.15) is 16.5 Å². The van der Waals surface area contributed by atoms with E-state index >= 15 is 0 Å². The van der Waals surface area contributed by atoms with E-state index in [9.17, 15) is 8.78 Å². The molecule has 20 heavy (non-hydrogen) atoms. The van der Waals surface area contributed by atoms with Crippen molar-refractivity contribution in [2.24, 2.45) is 0 Å². The Kier molecular flexibility index (Phi) is 3.67. The van der Waals surface area contributed by atoms with E-state index in [0.29, 0.717) is 5.56 Å². The Morgan fingerprint density at radius 1 is 1.00 bits per heavy atom. The molecule has 1 unspecified atom stereocenters. The van der Waals surface area contributed by atoms with Gasteiger partial charge in [0.05, 0.1) is 5.38 Å². The van der Waals surface area contributed by atoms with Crippen LogP contribution in [0.5, 0.6) is 0 Å². The topological polar surface area (TPSA) is 0 Å². The number of fused-ring (bicyclic) bond motifs is 1. The fourth-order valence-electron chi connectivity index (χ4n) is 2.09. The van der Waals surface area contributed by atoms with Crippen molar-refractivity contribution in [1.29, 1.82) is 0 Å². The molecular formula is C15H8Cl2F2S. The molecule has 0 saturated carbocycles. The number of hydrogen-bond acceptors (Lipinski definition) is 1. The first-order valence-corrected chi connectivity index (χ1v) is 7.52. The van der Waals surface area contributed by atoms with Gasteiger partial charge in [0.1, 0.15) is 0 Å². The lowest BCUT2D eigenvalue weighted by atomic mass is 10.0. The summed E-state index contributed by atoms with van der Waals surface area (Å²) >= 11 is 13.9. The second-order valence-electron chi connectivity index (χ2n) is 4.34. The molecule has 1 atom stereocenters. The number of benzene rings is 2. The highest BCUT2D eigenvalue weighted by Gasteiger charge is 2.20.